The van der Waals surface area contributed by atoms with Gasteiger partial charge in [0.1, 0.15) is 0 Å². The van der Waals surface area contributed by atoms with Crippen LogP contribution in [0.3, 0.4) is 0 Å². The first kappa shape index (κ1) is 13.4. The standard InChI is InChI=1S/C15H20ClNO/c1-15(2,3)13-5-4-6-14(18)17(13)12-9-7-11(16)8-10-12/h7-10,13H,4-6H2,1-3H3. The van der Waals surface area contributed by atoms with Crippen LogP contribution in [0.4, 0.5) is 5.69 Å². The van der Waals surface area contributed by atoms with E-state index < -0.39 is 0 Å². The van der Waals surface area contributed by atoms with Crippen molar-refractivity contribution in [3.63, 3.8) is 0 Å². The summed E-state index contributed by atoms with van der Waals surface area (Å²) in [4.78, 5) is 14.2. The third-order valence-electron chi connectivity index (χ3n) is 3.55. The molecule has 1 aromatic rings. The molecule has 98 valence electrons. The number of halogens is 1. The highest BCUT2D eigenvalue weighted by atomic mass is 35.5. The highest BCUT2D eigenvalue weighted by Gasteiger charge is 2.36. The molecule has 0 radical (unpaired) electrons. The van der Waals surface area contributed by atoms with Crippen LogP contribution >= 0.6 is 11.6 Å². The van der Waals surface area contributed by atoms with Crippen molar-refractivity contribution in [2.75, 3.05) is 4.90 Å². The number of carbonyl (C=O) groups excluding carboxylic acids is 1. The second-order valence-electron chi connectivity index (χ2n) is 6.01. The van der Waals surface area contributed by atoms with E-state index >= 15 is 0 Å². The van der Waals surface area contributed by atoms with Gasteiger partial charge >= 0.3 is 0 Å². The maximum Gasteiger partial charge on any atom is 0.227 e. The Hall–Kier alpha value is -1.02. The van der Waals surface area contributed by atoms with Gasteiger partial charge in [-0.25, -0.2) is 0 Å². The normalized spacial score (nSPS) is 21.2. The lowest BCUT2D eigenvalue weighted by Crippen LogP contribution is -2.50. The van der Waals surface area contributed by atoms with E-state index in [1.54, 1.807) is 0 Å². The molecule has 3 heteroatoms. The minimum Gasteiger partial charge on any atom is -0.309 e. The van der Waals surface area contributed by atoms with E-state index in [0.29, 0.717) is 11.4 Å². The predicted molar refractivity (Wildman–Crippen MR) is 76.0 cm³/mol. The van der Waals surface area contributed by atoms with Crippen LogP contribution in [0.25, 0.3) is 0 Å². The zero-order valence-corrected chi connectivity index (χ0v) is 12.0. The number of benzene rings is 1. The van der Waals surface area contributed by atoms with E-state index in [4.69, 9.17) is 11.6 Å². The first-order chi connectivity index (χ1) is 8.39. The van der Waals surface area contributed by atoms with Crippen molar-refractivity contribution in [3.05, 3.63) is 29.3 Å². The van der Waals surface area contributed by atoms with Gasteiger partial charge in [0.2, 0.25) is 5.91 Å². The molecular weight excluding hydrogens is 246 g/mol. The SMILES string of the molecule is CC(C)(C)C1CCCC(=O)N1c1ccc(Cl)cc1. The van der Waals surface area contributed by atoms with Gasteiger partial charge in [-0.3, -0.25) is 4.79 Å². The van der Waals surface area contributed by atoms with E-state index in [0.717, 1.165) is 18.5 Å². The van der Waals surface area contributed by atoms with Crippen molar-refractivity contribution >= 4 is 23.2 Å². The quantitative estimate of drug-likeness (QED) is 0.743. The number of carbonyl (C=O) groups is 1. The number of amides is 1. The number of hydrogen-bond donors (Lipinski definition) is 0. The number of rotatable bonds is 1. The number of nitrogens with zero attached hydrogens (tertiary/aromatic N) is 1. The van der Waals surface area contributed by atoms with Gasteiger partial charge < -0.3 is 4.90 Å². The van der Waals surface area contributed by atoms with Gasteiger partial charge in [-0.1, -0.05) is 32.4 Å². The fraction of sp³-hybridized carbons (Fsp3) is 0.533. The highest BCUT2D eigenvalue weighted by molar-refractivity contribution is 6.30. The summed E-state index contributed by atoms with van der Waals surface area (Å²) in [6.45, 7) is 6.58. The Morgan fingerprint density at radius 1 is 1.22 bits per heavy atom. The molecule has 0 N–H and O–H groups in total. The average molecular weight is 266 g/mol. The lowest BCUT2D eigenvalue weighted by atomic mass is 9.80. The number of hydrogen-bond acceptors (Lipinski definition) is 1. The Morgan fingerprint density at radius 3 is 2.39 bits per heavy atom. The summed E-state index contributed by atoms with van der Waals surface area (Å²) < 4.78 is 0. The second kappa shape index (κ2) is 4.93. The van der Waals surface area contributed by atoms with Crippen LogP contribution in [0.1, 0.15) is 40.0 Å². The Labute approximate surface area is 114 Å². The van der Waals surface area contributed by atoms with E-state index in [9.17, 15) is 4.79 Å². The first-order valence-electron chi connectivity index (χ1n) is 6.47. The van der Waals surface area contributed by atoms with Gasteiger partial charge in [0.15, 0.2) is 0 Å². The molecule has 2 rings (SSSR count). The maximum absolute atomic E-state index is 12.2. The molecule has 1 saturated heterocycles. The molecule has 18 heavy (non-hydrogen) atoms. The van der Waals surface area contributed by atoms with Crippen LogP contribution in [0.5, 0.6) is 0 Å². The minimum atomic E-state index is 0.0930. The summed E-state index contributed by atoms with van der Waals surface area (Å²) >= 11 is 5.91. The van der Waals surface area contributed by atoms with Crippen LogP contribution in [-0.2, 0) is 4.79 Å². The molecule has 0 bridgehead atoms. The van der Waals surface area contributed by atoms with Gasteiger partial charge in [-0.05, 0) is 42.5 Å². The second-order valence-corrected chi connectivity index (χ2v) is 6.45. The summed E-state index contributed by atoms with van der Waals surface area (Å²) in [5, 5.41) is 0.704. The van der Waals surface area contributed by atoms with Crippen LogP contribution in [-0.4, -0.2) is 11.9 Å². The summed E-state index contributed by atoms with van der Waals surface area (Å²) in [6.07, 6.45) is 2.71. The molecule has 0 saturated carbocycles. The summed E-state index contributed by atoms with van der Waals surface area (Å²) in [7, 11) is 0. The zero-order valence-electron chi connectivity index (χ0n) is 11.2. The van der Waals surface area contributed by atoms with Crippen molar-refractivity contribution in [1.82, 2.24) is 0 Å². The molecule has 1 fully saturated rings. The lowest BCUT2D eigenvalue weighted by Gasteiger charge is -2.43. The molecule has 0 aliphatic carbocycles. The number of piperidine rings is 1. The summed E-state index contributed by atoms with van der Waals surface area (Å²) in [6, 6.07) is 7.82. The Kier molecular flexibility index (Phi) is 3.67. The monoisotopic (exact) mass is 265 g/mol. The van der Waals surface area contributed by atoms with E-state index in [2.05, 4.69) is 20.8 Å². The molecule has 0 aromatic heterocycles. The van der Waals surface area contributed by atoms with Crippen LogP contribution in [0.15, 0.2) is 24.3 Å². The van der Waals surface area contributed by atoms with Crippen molar-refractivity contribution in [2.45, 2.75) is 46.1 Å². The molecule has 2 nitrogen and oxygen atoms in total. The molecule has 0 spiro atoms. The highest BCUT2D eigenvalue weighted by Crippen LogP contribution is 2.36. The predicted octanol–water partition coefficient (Wildman–Crippen LogP) is 4.27. The molecule has 1 aliphatic rings. The third-order valence-corrected chi connectivity index (χ3v) is 3.81. The topological polar surface area (TPSA) is 20.3 Å². The fourth-order valence-electron chi connectivity index (χ4n) is 2.62. The number of anilines is 1. The van der Waals surface area contributed by atoms with Gasteiger partial charge in [0.05, 0.1) is 0 Å². The van der Waals surface area contributed by atoms with E-state index in [1.807, 2.05) is 29.2 Å². The maximum atomic E-state index is 12.2. The van der Waals surface area contributed by atoms with E-state index in [1.165, 1.54) is 0 Å². The Balaban J connectivity index is 2.36. The van der Waals surface area contributed by atoms with E-state index in [-0.39, 0.29) is 17.4 Å². The molecule has 1 aliphatic heterocycles. The van der Waals surface area contributed by atoms with Gasteiger partial charge in [0.25, 0.3) is 0 Å². The van der Waals surface area contributed by atoms with Crippen LogP contribution < -0.4 is 4.90 Å². The van der Waals surface area contributed by atoms with Crippen LogP contribution in [0, 0.1) is 5.41 Å². The van der Waals surface area contributed by atoms with Crippen molar-refractivity contribution in [3.8, 4) is 0 Å². The Bertz CT molecular complexity index is 433. The van der Waals surface area contributed by atoms with Crippen LogP contribution in [0.2, 0.25) is 5.02 Å². The fourth-order valence-corrected chi connectivity index (χ4v) is 2.74. The minimum absolute atomic E-state index is 0.0930. The lowest BCUT2D eigenvalue weighted by molar-refractivity contribution is -0.121. The third kappa shape index (κ3) is 2.69. The zero-order chi connectivity index (χ0) is 13.3. The first-order valence-corrected chi connectivity index (χ1v) is 6.85. The van der Waals surface area contributed by atoms with Crippen molar-refractivity contribution < 1.29 is 4.79 Å². The van der Waals surface area contributed by atoms with Gasteiger partial charge in [0, 0.05) is 23.2 Å². The molecule has 1 heterocycles. The Morgan fingerprint density at radius 2 is 1.83 bits per heavy atom. The largest absolute Gasteiger partial charge is 0.309 e. The molecule has 1 unspecified atom stereocenters. The summed E-state index contributed by atoms with van der Waals surface area (Å²) in [5.74, 6) is 0.225. The summed E-state index contributed by atoms with van der Waals surface area (Å²) in [5.41, 5.74) is 1.06. The molecular formula is C15H20ClNO. The average Bonchev–Trinajstić information content (AvgIpc) is 2.29. The van der Waals surface area contributed by atoms with Gasteiger partial charge in [-0.2, -0.15) is 0 Å². The van der Waals surface area contributed by atoms with Crippen molar-refractivity contribution in [1.29, 1.82) is 0 Å². The smallest absolute Gasteiger partial charge is 0.227 e. The molecule has 1 amide bonds. The molecule has 1 aromatic carbocycles. The van der Waals surface area contributed by atoms with Gasteiger partial charge in [-0.15, -0.1) is 0 Å². The van der Waals surface area contributed by atoms with Crippen molar-refractivity contribution in [2.24, 2.45) is 5.41 Å². The molecule has 1 atom stereocenters.